The second-order valence-corrected chi connectivity index (χ2v) is 11.5. The molecule has 0 saturated heterocycles. The molecular weight excluding hydrogens is 606 g/mol. The number of oxazole rings is 3. The van der Waals surface area contributed by atoms with Gasteiger partial charge in [-0.3, -0.25) is 0 Å². The Bertz CT molecular complexity index is 2240. The lowest BCUT2D eigenvalue weighted by Gasteiger charge is -2.06. The molecule has 3 aromatic heterocycles. The zero-order valence-corrected chi connectivity index (χ0v) is 26.3. The Morgan fingerprint density at radius 3 is 2.48 bits per heavy atom. The summed E-state index contributed by atoms with van der Waals surface area (Å²) in [5.41, 5.74) is 4.28. The number of aromatic nitrogens is 3. The van der Waals surface area contributed by atoms with Crippen LogP contribution in [0.4, 0.5) is 0 Å². The number of hydrogen-bond acceptors (Lipinski definition) is 8. The number of ether oxygens (including phenoxy) is 1. The highest BCUT2D eigenvalue weighted by Crippen LogP contribution is 2.27. The molecular formula is C39H33N3O6. The van der Waals surface area contributed by atoms with Crippen molar-refractivity contribution in [2.45, 2.75) is 39.3 Å². The molecule has 0 spiro atoms. The standard InChI is InChI=1S/C39H33N3O6/c1-26-34(41-37(47-26)31-18-17-29-11-5-6-12-30(29)22-31)25-45-33-19-14-28(15-20-33)10-7-13-35-38(43)42(39(44)48-35)23-32-24-46-36(40-32)21-16-27-8-3-2-4-9-27/h2-6,8-9,11-12,14-22,24,43H,7,10,13,23,25H2,1H3. The summed E-state index contributed by atoms with van der Waals surface area (Å²) in [6, 6.07) is 32.0. The molecule has 3 heterocycles. The molecule has 0 saturated carbocycles. The van der Waals surface area contributed by atoms with E-state index < -0.39 is 5.76 Å². The molecule has 0 aliphatic rings. The van der Waals surface area contributed by atoms with Crippen LogP contribution in [0.3, 0.4) is 0 Å². The van der Waals surface area contributed by atoms with Crippen LogP contribution in [-0.4, -0.2) is 19.6 Å². The predicted molar refractivity (Wildman–Crippen MR) is 183 cm³/mol. The normalized spacial score (nSPS) is 11.5. The van der Waals surface area contributed by atoms with Crippen molar-refractivity contribution in [1.82, 2.24) is 14.5 Å². The molecule has 0 aliphatic carbocycles. The third-order valence-electron chi connectivity index (χ3n) is 8.10. The topological polar surface area (TPSA) is 117 Å². The smallest absolute Gasteiger partial charge is 0.422 e. The van der Waals surface area contributed by atoms with Gasteiger partial charge in [0.15, 0.2) is 5.76 Å². The van der Waals surface area contributed by atoms with Crippen LogP contribution < -0.4 is 10.5 Å². The molecule has 1 N–H and O–H groups in total. The van der Waals surface area contributed by atoms with E-state index in [-0.39, 0.29) is 24.8 Å². The van der Waals surface area contributed by atoms with Crippen LogP contribution in [0.1, 0.15) is 46.3 Å². The minimum Gasteiger partial charge on any atom is -0.492 e. The van der Waals surface area contributed by atoms with Gasteiger partial charge in [-0.2, -0.15) is 0 Å². The van der Waals surface area contributed by atoms with Crippen molar-refractivity contribution in [3.05, 3.63) is 154 Å². The summed E-state index contributed by atoms with van der Waals surface area (Å²) in [5, 5.41) is 13.0. The maximum Gasteiger partial charge on any atom is 0.422 e. The van der Waals surface area contributed by atoms with Gasteiger partial charge in [-0.15, -0.1) is 0 Å². The molecule has 9 nitrogen and oxygen atoms in total. The largest absolute Gasteiger partial charge is 0.492 e. The van der Waals surface area contributed by atoms with Gasteiger partial charge in [-0.1, -0.05) is 72.8 Å². The van der Waals surface area contributed by atoms with Crippen molar-refractivity contribution in [2.24, 2.45) is 0 Å². The first kappa shape index (κ1) is 30.6. The van der Waals surface area contributed by atoms with Gasteiger partial charge in [0.2, 0.25) is 17.7 Å². The minimum atomic E-state index is -0.639. The molecule has 0 unspecified atom stereocenters. The summed E-state index contributed by atoms with van der Waals surface area (Å²) in [5.74, 6) is 1.84. The highest BCUT2D eigenvalue weighted by Gasteiger charge is 2.18. The van der Waals surface area contributed by atoms with Gasteiger partial charge < -0.3 is 23.1 Å². The number of aromatic hydroxyl groups is 1. The summed E-state index contributed by atoms with van der Waals surface area (Å²) in [6.45, 7) is 2.22. The summed E-state index contributed by atoms with van der Waals surface area (Å²) in [4.78, 5) is 21.6. The zero-order chi connectivity index (χ0) is 32.9. The van der Waals surface area contributed by atoms with Crippen LogP contribution in [0.5, 0.6) is 11.6 Å². The summed E-state index contributed by atoms with van der Waals surface area (Å²) < 4.78 is 24.0. The van der Waals surface area contributed by atoms with Gasteiger partial charge in [0, 0.05) is 18.1 Å². The predicted octanol–water partition coefficient (Wildman–Crippen LogP) is 8.22. The van der Waals surface area contributed by atoms with Crippen molar-refractivity contribution in [3.63, 3.8) is 0 Å². The van der Waals surface area contributed by atoms with E-state index in [1.807, 2.05) is 85.8 Å². The first-order valence-electron chi connectivity index (χ1n) is 15.7. The van der Waals surface area contributed by atoms with Gasteiger partial charge in [0.25, 0.3) is 0 Å². The Balaban J connectivity index is 0.904. The molecule has 48 heavy (non-hydrogen) atoms. The van der Waals surface area contributed by atoms with E-state index in [0.717, 1.165) is 50.3 Å². The maximum absolute atomic E-state index is 12.5. The van der Waals surface area contributed by atoms with E-state index in [0.29, 0.717) is 30.3 Å². The van der Waals surface area contributed by atoms with Crippen LogP contribution in [-0.2, 0) is 26.0 Å². The highest BCUT2D eigenvalue weighted by atomic mass is 16.5. The van der Waals surface area contributed by atoms with Crippen molar-refractivity contribution in [2.75, 3.05) is 0 Å². The number of fused-ring (bicyclic) bond motifs is 1. The Kier molecular flexibility index (Phi) is 8.74. The lowest BCUT2D eigenvalue weighted by atomic mass is 10.1. The van der Waals surface area contributed by atoms with E-state index in [2.05, 4.69) is 29.2 Å². The third-order valence-corrected chi connectivity index (χ3v) is 8.10. The minimum absolute atomic E-state index is 0.0386. The molecule has 240 valence electrons. The monoisotopic (exact) mass is 639 g/mol. The number of hydrogen-bond donors (Lipinski definition) is 1. The molecule has 7 rings (SSSR count). The van der Waals surface area contributed by atoms with Crippen molar-refractivity contribution in [1.29, 1.82) is 0 Å². The fourth-order valence-electron chi connectivity index (χ4n) is 5.48. The van der Waals surface area contributed by atoms with Gasteiger partial charge in [0.05, 0.1) is 12.2 Å². The Hall–Kier alpha value is -6.09. The molecule has 7 aromatic rings. The van der Waals surface area contributed by atoms with Gasteiger partial charge >= 0.3 is 5.76 Å². The molecule has 0 aliphatic heterocycles. The van der Waals surface area contributed by atoms with E-state index >= 15 is 0 Å². The van der Waals surface area contributed by atoms with E-state index in [4.69, 9.17) is 23.0 Å². The Morgan fingerprint density at radius 2 is 1.65 bits per heavy atom. The van der Waals surface area contributed by atoms with Crippen molar-refractivity contribution >= 4 is 22.9 Å². The number of nitrogens with zero attached hydrogens (tertiary/aromatic N) is 3. The number of aryl methyl sites for hydroxylation is 3. The molecule has 4 aromatic carbocycles. The summed E-state index contributed by atoms with van der Waals surface area (Å²) in [6.07, 6.45) is 6.91. The molecule has 0 bridgehead atoms. The molecule has 0 radical (unpaired) electrons. The average Bonchev–Trinajstić information content (AvgIpc) is 3.81. The van der Waals surface area contributed by atoms with Crippen LogP contribution in [0.25, 0.3) is 34.4 Å². The third kappa shape index (κ3) is 7.00. The van der Waals surface area contributed by atoms with E-state index in [9.17, 15) is 9.90 Å². The second-order valence-electron chi connectivity index (χ2n) is 11.5. The highest BCUT2D eigenvalue weighted by molar-refractivity contribution is 5.86. The fourth-order valence-corrected chi connectivity index (χ4v) is 5.48. The Morgan fingerprint density at radius 1 is 0.854 bits per heavy atom. The molecule has 0 amide bonds. The number of rotatable bonds is 12. The second kappa shape index (κ2) is 13.7. The molecule has 9 heteroatoms. The first-order chi connectivity index (χ1) is 23.5. The Labute approximate surface area is 276 Å². The van der Waals surface area contributed by atoms with Crippen molar-refractivity contribution in [3.8, 4) is 23.1 Å². The van der Waals surface area contributed by atoms with Crippen LogP contribution in [0.15, 0.2) is 121 Å². The van der Waals surface area contributed by atoms with Crippen molar-refractivity contribution < 1.29 is 23.1 Å². The zero-order valence-electron chi connectivity index (χ0n) is 26.3. The average molecular weight is 640 g/mol. The summed E-state index contributed by atoms with van der Waals surface area (Å²) >= 11 is 0. The van der Waals surface area contributed by atoms with Crippen LogP contribution in [0, 0.1) is 6.92 Å². The SMILES string of the molecule is Cc1oc(-c2ccc3ccccc3c2)nc1COc1ccc(CCCc2oc(=O)n(Cc3coc(C=Cc4ccccc4)n3)c2O)cc1. The maximum atomic E-state index is 12.5. The lowest BCUT2D eigenvalue weighted by Crippen LogP contribution is -2.14. The van der Waals surface area contributed by atoms with Gasteiger partial charge in [-0.25, -0.2) is 19.3 Å². The lowest BCUT2D eigenvalue weighted by molar-refractivity contribution is 0.299. The first-order valence-corrected chi connectivity index (χ1v) is 15.7. The van der Waals surface area contributed by atoms with Crippen LogP contribution in [0.2, 0.25) is 0 Å². The van der Waals surface area contributed by atoms with E-state index in [1.165, 1.54) is 11.6 Å². The molecule has 0 fully saturated rings. The van der Waals surface area contributed by atoms with Crippen LogP contribution >= 0.6 is 0 Å². The quantitative estimate of drug-likeness (QED) is 0.142. The van der Waals surface area contributed by atoms with Gasteiger partial charge in [0.1, 0.15) is 30.1 Å². The molecule has 0 atom stereocenters. The number of benzene rings is 4. The fraction of sp³-hybridized carbons (Fsp3) is 0.154. The summed E-state index contributed by atoms with van der Waals surface area (Å²) in [7, 11) is 0. The van der Waals surface area contributed by atoms with Gasteiger partial charge in [-0.05, 0) is 72.0 Å². The van der Waals surface area contributed by atoms with E-state index in [1.54, 1.807) is 6.08 Å².